The highest BCUT2D eigenvalue weighted by atomic mass is 35.5. The number of hydrogen-bond acceptors (Lipinski definition) is 1. The van der Waals surface area contributed by atoms with Crippen LogP contribution in [-0.2, 0) is 10.8 Å². The number of hydrogen-bond donors (Lipinski definition) is 0. The first-order chi connectivity index (χ1) is 11.4. The van der Waals surface area contributed by atoms with E-state index in [4.69, 9.17) is 11.6 Å². The smallest absolute Gasteiger partial charge is 0.179 e. The van der Waals surface area contributed by atoms with Gasteiger partial charge in [-0.25, -0.2) is 0 Å². The highest BCUT2D eigenvalue weighted by Crippen LogP contribution is 2.33. The zero-order chi connectivity index (χ0) is 19.2. The van der Waals surface area contributed by atoms with Crippen LogP contribution in [0.15, 0.2) is 24.3 Å². The zero-order valence-electron chi connectivity index (χ0n) is 16.7. The van der Waals surface area contributed by atoms with Gasteiger partial charge in [-0.3, -0.25) is 4.79 Å². The number of nitrogens with zero attached hydrogens (tertiary/aromatic N) is 1. The van der Waals surface area contributed by atoms with Crippen LogP contribution in [0.2, 0.25) is 0 Å². The van der Waals surface area contributed by atoms with E-state index in [9.17, 15) is 4.79 Å². The normalized spacial score (nSPS) is 12.5. The number of Topliss-reactive ketones (excluding diaryl/α,β-unsaturated/α-hetero) is 1. The van der Waals surface area contributed by atoms with Gasteiger partial charge in [-0.2, -0.15) is 0 Å². The summed E-state index contributed by atoms with van der Waals surface area (Å²) >= 11 is 5.78. The maximum absolute atomic E-state index is 12.1. The average Bonchev–Trinajstić information content (AvgIpc) is 2.79. The van der Waals surface area contributed by atoms with Crippen LogP contribution in [-0.4, -0.2) is 16.2 Å². The van der Waals surface area contributed by atoms with Crippen molar-refractivity contribution in [2.45, 2.75) is 66.2 Å². The van der Waals surface area contributed by atoms with Gasteiger partial charge in [-0.1, -0.05) is 47.6 Å². The first-order valence-corrected chi connectivity index (χ1v) is 9.34. The van der Waals surface area contributed by atoms with E-state index in [2.05, 4.69) is 64.3 Å². The predicted molar refractivity (Wildman–Crippen MR) is 108 cm³/mol. The molecular weight excluding hydrogens is 330 g/mol. The molecule has 0 aliphatic carbocycles. The fraction of sp³-hybridized carbons (Fsp3) is 0.500. The van der Waals surface area contributed by atoms with Crippen LogP contribution in [0.5, 0.6) is 0 Å². The highest BCUT2D eigenvalue weighted by molar-refractivity contribution is 6.30. The summed E-state index contributed by atoms with van der Waals surface area (Å²) in [6.45, 7) is 17.4. The summed E-state index contributed by atoms with van der Waals surface area (Å²) in [5, 5.41) is 0. The molecule has 0 fully saturated rings. The number of halogens is 1. The summed E-state index contributed by atoms with van der Waals surface area (Å²) < 4.78 is 2.17. The third-order valence-electron chi connectivity index (χ3n) is 4.76. The van der Waals surface area contributed by atoms with Crippen LogP contribution in [0.25, 0.3) is 5.69 Å². The van der Waals surface area contributed by atoms with Gasteiger partial charge < -0.3 is 4.57 Å². The number of benzene rings is 1. The largest absolute Gasteiger partial charge is 0.318 e. The van der Waals surface area contributed by atoms with Gasteiger partial charge in [-0.05, 0) is 54.0 Å². The van der Waals surface area contributed by atoms with E-state index in [1.54, 1.807) is 0 Å². The standard InChI is InChI=1S/C22H30ClNO/c1-14-9-19(20(25)13-23)15(2)24(14)18-11-16(21(3,4)5)10-17(12-18)22(6,7)8/h9-12H,13H2,1-8H3. The number of aromatic nitrogens is 1. The lowest BCUT2D eigenvalue weighted by molar-refractivity contribution is 0.102. The Balaban J connectivity index is 2.75. The number of ketones is 1. The quantitative estimate of drug-likeness (QED) is 0.478. The topological polar surface area (TPSA) is 22.0 Å². The summed E-state index contributed by atoms with van der Waals surface area (Å²) in [5.74, 6) is -0.0106. The van der Waals surface area contributed by atoms with Crippen molar-refractivity contribution in [1.29, 1.82) is 0 Å². The maximum Gasteiger partial charge on any atom is 0.179 e. The molecule has 0 bridgehead atoms. The Labute approximate surface area is 157 Å². The molecule has 136 valence electrons. The molecule has 0 radical (unpaired) electrons. The Bertz CT molecular complexity index is 768. The van der Waals surface area contributed by atoms with Gasteiger partial charge in [0, 0.05) is 22.6 Å². The number of carbonyl (C=O) groups excluding carboxylic acids is 1. The van der Waals surface area contributed by atoms with E-state index in [1.807, 2.05) is 19.9 Å². The van der Waals surface area contributed by atoms with Crippen molar-refractivity contribution < 1.29 is 4.79 Å². The third-order valence-corrected chi connectivity index (χ3v) is 5.00. The van der Waals surface area contributed by atoms with Gasteiger partial charge in [0.2, 0.25) is 0 Å². The molecule has 0 spiro atoms. The Morgan fingerprint density at radius 1 is 0.920 bits per heavy atom. The lowest BCUT2D eigenvalue weighted by Crippen LogP contribution is -2.17. The van der Waals surface area contributed by atoms with Crippen molar-refractivity contribution in [3.8, 4) is 5.69 Å². The molecule has 2 rings (SSSR count). The van der Waals surface area contributed by atoms with E-state index < -0.39 is 0 Å². The second kappa shape index (κ2) is 6.64. The van der Waals surface area contributed by atoms with Crippen LogP contribution in [0.3, 0.4) is 0 Å². The lowest BCUT2D eigenvalue weighted by atomic mass is 9.80. The van der Waals surface area contributed by atoms with Crippen LogP contribution < -0.4 is 0 Å². The number of rotatable bonds is 3. The van der Waals surface area contributed by atoms with E-state index in [1.165, 1.54) is 11.1 Å². The number of aryl methyl sites for hydroxylation is 1. The fourth-order valence-electron chi connectivity index (χ4n) is 3.12. The Morgan fingerprint density at radius 2 is 1.40 bits per heavy atom. The van der Waals surface area contributed by atoms with Crippen LogP contribution in [0, 0.1) is 13.8 Å². The predicted octanol–water partition coefficient (Wildman–Crippen LogP) is 6.11. The minimum Gasteiger partial charge on any atom is -0.318 e. The van der Waals surface area contributed by atoms with Crippen LogP contribution in [0.4, 0.5) is 0 Å². The molecular formula is C22H30ClNO. The molecule has 0 amide bonds. The molecule has 0 saturated carbocycles. The molecule has 1 heterocycles. The molecule has 0 unspecified atom stereocenters. The van der Waals surface area contributed by atoms with Gasteiger partial charge in [0.25, 0.3) is 0 Å². The lowest BCUT2D eigenvalue weighted by Gasteiger charge is -2.27. The van der Waals surface area contributed by atoms with Gasteiger partial charge >= 0.3 is 0 Å². The number of alkyl halides is 1. The Hall–Kier alpha value is -1.54. The van der Waals surface area contributed by atoms with E-state index in [-0.39, 0.29) is 22.5 Å². The highest BCUT2D eigenvalue weighted by Gasteiger charge is 2.23. The zero-order valence-corrected chi connectivity index (χ0v) is 17.5. The Morgan fingerprint density at radius 3 is 1.80 bits per heavy atom. The number of carbonyl (C=O) groups is 1. The molecule has 0 aliphatic heterocycles. The summed E-state index contributed by atoms with van der Waals surface area (Å²) in [6.07, 6.45) is 0. The molecule has 0 atom stereocenters. The molecule has 1 aromatic heterocycles. The van der Waals surface area contributed by atoms with Crippen molar-refractivity contribution in [3.63, 3.8) is 0 Å². The van der Waals surface area contributed by atoms with Crippen molar-refractivity contribution >= 4 is 17.4 Å². The van der Waals surface area contributed by atoms with Gasteiger partial charge in [0.1, 0.15) is 0 Å². The van der Waals surface area contributed by atoms with Crippen molar-refractivity contribution in [2.24, 2.45) is 0 Å². The first kappa shape index (κ1) is 19.8. The van der Waals surface area contributed by atoms with E-state index >= 15 is 0 Å². The van der Waals surface area contributed by atoms with Gasteiger partial charge in [-0.15, -0.1) is 11.6 Å². The molecule has 0 N–H and O–H groups in total. The van der Waals surface area contributed by atoms with Gasteiger partial charge in [0.15, 0.2) is 5.78 Å². The van der Waals surface area contributed by atoms with Crippen molar-refractivity contribution in [1.82, 2.24) is 4.57 Å². The van der Waals surface area contributed by atoms with E-state index in [0.29, 0.717) is 5.56 Å². The molecule has 3 heteroatoms. The third kappa shape index (κ3) is 4.00. The molecule has 0 aliphatic rings. The minimum atomic E-state index is -0.0240. The molecule has 1 aromatic carbocycles. The summed E-state index contributed by atoms with van der Waals surface area (Å²) in [6, 6.07) is 8.73. The summed E-state index contributed by atoms with van der Waals surface area (Å²) in [4.78, 5) is 12.1. The maximum atomic E-state index is 12.1. The summed E-state index contributed by atoms with van der Waals surface area (Å²) in [7, 11) is 0. The van der Waals surface area contributed by atoms with E-state index in [0.717, 1.165) is 17.1 Å². The molecule has 2 aromatic rings. The van der Waals surface area contributed by atoms with Crippen LogP contribution in [0.1, 0.15) is 74.4 Å². The Kier molecular flexibility index (Phi) is 5.26. The van der Waals surface area contributed by atoms with Crippen LogP contribution >= 0.6 is 11.6 Å². The van der Waals surface area contributed by atoms with Crippen molar-refractivity contribution in [2.75, 3.05) is 5.88 Å². The average molecular weight is 360 g/mol. The molecule has 2 nitrogen and oxygen atoms in total. The summed E-state index contributed by atoms with van der Waals surface area (Å²) in [5.41, 5.74) is 6.54. The second-order valence-corrected chi connectivity index (χ2v) is 9.21. The fourth-order valence-corrected chi connectivity index (χ4v) is 3.26. The first-order valence-electron chi connectivity index (χ1n) is 8.81. The SMILES string of the molecule is Cc1cc(C(=O)CCl)c(C)n1-c1cc(C(C)(C)C)cc(C(C)(C)C)c1. The van der Waals surface area contributed by atoms with Crippen molar-refractivity contribution in [3.05, 3.63) is 52.3 Å². The van der Waals surface area contributed by atoms with Gasteiger partial charge in [0.05, 0.1) is 5.88 Å². The monoisotopic (exact) mass is 359 g/mol. The second-order valence-electron chi connectivity index (χ2n) is 8.95. The molecule has 25 heavy (non-hydrogen) atoms. The molecule has 0 saturated heterocycles. The minimum absolute atomic E-state index is 0.0135.